The number of rotatable bonds is 2. The van der Waals surface area contributed by atoms with Crippen molar-refractivity contribution < 1.29 is 14.6 Å². The van der Waals surface area contributed by atoms with Crippen molar-refractivity contribution in [1.29, 1.82) is 0 Å². The van der Waals surface area contributed by atoms with Crippen molar-refractivity contribution in [3.05, 3.63) is 17.0 Å². The fraction of sp³-hybridized carbons (Fsp3) is 0.765. The summed E-state index contributed by atoms with van der Waals surface area (Å²) in [6.45, 7) is 11.9. The van der Waals surface area contributed by atoms with Crippen LogP contribution in [0.5, 0.6) is 0 Å². The monoisotopic (exact) mass is 321 g/mol. The number of H-pyrrole nitrogens is 1. The van der Waals surface area contributed by atoms with Gasteiger partial charge in [-0.2, -0.15) is 5.10 Å². The van der Waals surface area contributed by atoms with Crippen LogP contribution in [0.1, 0.15) is 69.4 Å². The number of nitrogens with zero attached hydrogens (tertiary/aromatic N) is 1. The maximum Gasteiger partial charge on any atom is 0.272 e. The molecular formula is C17H27N3O3. The Labute approximate surface area is 137 Å². The van der Waals surface area contributed by atoms with E-state index >= 15 is 0 Å². The van der Waals surface area contributed by atoms with Crippen molar-refractivity contribution in [2.45, 2.75) is 72.3 Å². The first-order chi connectivity index (χ1) is 10.6. The summed E-state index contributed by atoms with van der Waals surface area (Å²) < 4.78 is 5.76. The largest absolute Gasteiger partial charge is 0.392 e. The Morgan fingerprint density at radius 1 is 1.30 bits per heavy atom. The van der Waals surface area contributed by atoms with Gasteiger partial charge in [-0.3, -0.25) is 9.89 Å². The number of fused-ring (bicyclic) bond motifs is 1. The standard InChI is InChI=1S/C17H27N3O3/c1-8-7-10-11(9(2)23-8)19-20-12(10)13(21)18-14-16(3,4)15(22)17(14,5)6/h8-9,14-15,22H,7H2,1-6H3,(H,18,21)(H,19,20)/t8-,9+,14?,15?/m1/s1. The molecule has 23 heavy (non-hydrogen) atoms. The maximum absolute atomic E-state index is 12.8. The highest BCUT2D eigenvalue weighted by Crippen LogP contribution is 2.53. The van der Waals surface area contributed by atoms with Gasteiger partial charge in [0.2, 0.25) is 0 Å². The van der Waals surface area contributed by atoms with Gasteiger partial charge in [-0.15, -0.1) is 0 Å². The minimum Gasteiger partial charge on any atom is -0.392 e. The highest BCUT2D eigenvalue weighted by molar-refractivity contribution is 5.94. The fourth-order valence-electron chi connectivity index (χ4n) is 4.57. The van der Waals surface area contributed by atoms with Crippen molar-refractivity contribution in [2.75, 3.05) is 0 Å². The van der Waals surface area contributed by atoms with Gasteiger partial charge < -0.3 is 15.2 Å². The third-order valence-electron chi connectivity index (χ3n) is 5.62. The van der Waals surface area contributed by atoms with Crippen molar-refractivity contribution in [2.24, 2.45) is 10.8 Å². The quantitative estimate of drug-likeness (QED) is 0.777. The van der Waals surface area contributed by atoms with E-state index in [1.54, 1.807) is 0 Å². The van der Waals surface area contributed by atoms with Crippen LogP contribution in [0.3, 0.4) is 0 Å². The summed E-state index contributed by atoms with van der Waals surface area (Å²) in [4.78, 5) is 12.8. The zero-order chi connectivity index (χ0) is 17.2. The van der Waals surface area contributed by atoms with Gasteiger partial charge >= 0.3 is 0 Å². The topological polar surface area (TPSA) is 87.2 Å². The summed E-state index contributed by atoms with van der Waals surface area (Å²) in [5, 5.41) is 20.6. The van der Waals surface area contributed by atoms with E-state index in [1.807, 2.05) is 41.5 Å². The van der Waals surface area contributed by atoms with Crippen LogP contribution >= 0.6 is 0 Å². The highest BCUT2D eigenvalue weighted by Gasteiger charge is 2.61. The van der Waals surface area contributed by atoms with Crippen molar-refractivity contribution in [3.63, 3.8) is 0 Å². The van der Waals surface area contributed by atoms with E-state index in [2.05, 4.69) is 15.5 Å². The fourth-order valence-corrected chi connectivity index (χ4v) is 4.57. The van der Waals surface area contributed by atoms with E-state index in [9.17, 15) is 9.90 Å². The van der Waals surface area contributed by atoms with Gasteiger partial charge in [0, 0.05) is 28.9 Å². The molecule has 2 aliphatic rings. The Morgan fingerprint density at radius 3 is 2.52 bits per heavy atom. The van der Waals surface area contributed by atoms with E-state index in [4.69, 9.17) is 4.74 Å². The first-order valence-corrected chi connectivity index (χ1v) is 8.28. The lowest BCUT2D eigenvalue weighted by Gasteiger charge is -2.61. The molecule has 2 heterocycles. The summed E-state index contributed by atoms with van der Waals surface area (Å²) >= 11 is 0. The molecule has 128 valence electrons. The molecule has 1 aromatic rings. The Hall–Kier alpha value is -1.40. The van der Waals surface area contributed by atoms with Crippen molar-refractivity contribution >= 4 is 5.91 Å². The van der Waals surface area contributed by atoms with Gasteiger partial charge in [0.15, 0.2) is 5.69 Å². The molecule has 1 saturated carbocycles. The molecule has 6 nitrogen and oxygen atoms in total. The molecule has 0 unspecified atom stereocenters. The minimum absolute atomic E-state index is 0.0695. The molecule has 0 aromatic carbocycles. The van der Waals surface area contributed by atoms with E-state index in [0.29, 0.717) is 12.1 Å². The normalized spacial score (nSPS) is 34.4. The van der Waals surface area contributed by atoms with Crippen molar-refractivity contribution in [3.8, 4) is 0 Å². The number of ether oxygens (including phenoxy) is 1. The molecule has 0 radical (unpaired) electrons. The second-order valence-electron chi connectivity index (χ2n) is 8.21. The number of aliphatic hydroxyl groups is 1. The molecule has 6 heteroatoms. The van der Waals surface area contributed by atoms with E-state index < -0.39 is 6.10 Å². The minimum atomic E-state index is -0.443. The molecule has 0 saturated heterocycles. The van der Waals surface area contributed by atoms with Gasteiger partial charge in [0.05, 0.1) is 24.0 Å². The summed E-state index contributed by atoms with van der Waals surface area (Å²) in [6, 6.07) is -0.0977. The zero-order valence-corrected chi connectivity index (χ0v) is 14.7. The van der Waals surface area contributed by atoms with Crippen LogP contribution < -0.4 is 5.32 Å². The summed E-state index contributed by atoms with van der Waals surface area (Å²) in [6.07, 6.45) is 0.224. The molecule has 3 rings (SSSR count). The van der Waals surface area contributed by atoms with E-state index in [0.717, 1.165) is 11.3 Å². The molecule has 0 spiro atoms. The summed E-state index contributed by atoms with van der Waals surface area (Å²) in [5.41, 5.74) is 1.60. The zero-order valence-electron chi connectivity index (χ0n) is 14.7. The van der Waals surface area contributed by atoms with Crippen LogP contribution in [-0.4, -0.2) is 39.5 Å². The molecule has 1 aliphatic carbocycles. The lowest BCUT2D eigenvalue weighted by atomic mass is 9.49. The first kappa shape index (κ1) is 16.5. The molecule has 1 amide bonds. The molecule has 1 aliphatic heterocycles. The van der Waals surface area contributed by atoms with Gasteiger partial charge in [0.1, 0.15) is 0 Å². The average Bonchev–Trinajstić information content (AvgIpc) is 2.87. The third kappa shape index (κ3) is 2.31. The van der Waals surface area contributed by atoms with Gasteiger partial charge in [-0.1, -0.05) is 27.7 Å². The number of hydrogen-bond acceptors (Lipinski definition) is 4. The second kappa shape index (κ2) is 5.05. The predicted molar refractivity (Wildman–Crippen MR) is 86.1 cm³/mol. The lowest BCUT2D eigenvalue weighted by molar-refractivity contribution is -0.179. The molecule has 1 aromatic heterocycles. The number of amides is 1. The number of hydrogen-bond donors (Lipinski definition) is 3. The average molecular weight is 321 g/mol. The van der Waals surface area contributed by atoms with Crippen LogP contribution in [0.4, 0.5) is 0 Å². The molecule has 0 bridgehead atoms. The number of aliphatic hydroxyl groups excluding tert-OH is 1. The first-order valence-electron chi connectivity index (χ1n) is 8.28. The van der Waals surface area contributed by atoms with Crippen LogP contribution in [0.2, 0.25) is 0 Å². The number of aromatic nitrogens is 2. The Morgan fingerprint density at radius 2 is 1.91 bits per heavy atom. The Balaban J connectivity index is 1.83. The van der Waals surface area contributed by atoms with Gasteiger partial charge in [0.25, 0.3) is 5.91 Å². The smallest absolute Gasteiger partial charge is 0.272 e. The number of nitrogens with one attached hydrogen (secondary N) is 2. The van der Waals surface area contributed by atoms with E-state index in [1.165, 1.54) is 0 Å². The molecule has 2 atom stereocenters. The molecular weight excluding hydrogens is 294 g/mol. The molecule has 1 fully saturated rings. The summed E-state index contributed by atoms with van der Waals surface area (Å²) in [5.74, 6) is -0.179. The van der Waals surface area contributed by atoms with Crippen molar-refractivity contribution in [1.82, 2.24) is 15.5 Å². The SMILES string of the molecule is C[C@@H]1Cc2c(C(=O)NC3C(C)(C)C(O)C3(C)C)n[nH]c2[C@H](C)O1. The number of carbonyl (C=O) groups excluding carboxylic acids is 1. The van der Waals surface area contributed by atoms with E-state index in [-0.39, 0.29) is 35.0 Å². The van der Waals surface area contributed by atoms with Crippen LogP contribution in [0, 0.1) is 10.8 Å². The Kier molecular flexibility index (Phi) is 3.61. The van der Waals surface area contributed by atoms with Gasteiger partial charge in [-0.05, 0) is 13.8 Å². The number of aromatic amines is 1. The maximum atomic E-state index is 12.8. The highest BCUT2D eigenvalue weighted by atomic mass is 16.5. The molecule has 3 N–H and O–H groups in total. The van der Waals surface area contributed by atoms with Crippen LogP contribution in [-0.2, 0) is 11.2 Å². The van der Waals surface area contributed by atoms with Crippen LogP contribution in [0.25, 0.3) is 0 Å². The second-order valence-corrected chi connectivity index (χ2v) is 8.21. The summed E-state index contributed by atoms with van der Waals surface area (Å²) in [7, 11) is 0. The van der Waals surface area contributed by atoms with Crippen LogP contribution in [0.15, 0.2) is 0 Å². The van der Waals surface area contributed by atoms with Gasteiger partial charge in [-0.25, -0.2) is 0 Å². The predicted octanol–water partition coefficient (Wildman–Crippen LogP) is 1.96. The number of carbonyl (C=O) groups is 1. The Bertz CT molecular complexity index is 619. The lowest BCUT2D eigenvalue weighted by Crippen LogP contribution is -2.73. The third-order valence-corrected chi connectivity index (χ3v) is 5.62.